The van der Waals surface area contributed by atoms with Crippen molar-refractivity contribution >= 4 is 10.9 Å². The molecule has 9 heteroatoms. The van der Waals surface area contributed by atoms with Gasteiger partial charge in [-0.2, -0.15) is 0 Å². The number of pyridine rings is 2. The van der Waals surface area contributed by atoms with E-state index in [0.29, 0.717) is 42.5 Å². The summed E-state index contributed by atoms with van der Waals surface area (Å²) in [5.74, 6) is 1.20. The van der Waals surface area contributed by atoms with E-state index in [2.05, 4.69) is 19.8 Å². The lowest BCUT2D eigenvalue weighted by atomic mass is 9.95. The molecule has 186 valence electrons. The maximum Gasteiger partial charge on any atom is 0.213 e. The van der Waals surface area contributed by atoms with E-state index in [-0.39, 0.29) is 18.3 Å². The molecule has 1 fully saturated rings. The normalized spacial score (nSPS) is 17.5. The minimum atomic E-state index is -0.369. The molecule has 1 N–H and O–H groups in total. The Balaban J connectivity index is 1.19. The van der Waals surface area contributed by atoms with E-state index < -0.39 is 0 Å². The first-order chi connectivity index (χ1) is 17.1. The van der Waals surface area contributed by atoms with Crippen molar-refractivity contribution in [2.24, 2.45) is 0 Å². The fraction of sp³-hybridized carbons (Fsp3) is 0.462. The van der Waals surface area contributed by atoms with Crippen LogP contribution in [-0.2, 0) is 6.42 Å². The van der Waals surface area contributed by atoms with E-state index in [4.69, 9.17) is 14.2 Å². The molecule has 0 aliphatic carbocycles. The van der Waals surface area contributed by atoms with Gasteiger partial charge in [-0.3, -0.25) is 4.98 Å². The third kappa shape index (κ3) is 5.32. The number of fused-ring (bicyclic) bond motifs is 2. The summed E-state index contributed by atoms with van der Waals surface area (Å²) in [5.41, 5.74) is 2.00. The van der Waals surface area contributed by atoms with Crippen LogP contribution in [0.15, 0.2) is 36.5 Å². The number of rotatable bonds is 8. The fourth-order valence-corrected chi connectivity index (χ4v) is 4.82. The van der Waals surface area contributed by atoms with Crippen molar-refractivity contribution in [3.05, 3.63) is 53.6 Å². The molecule has 0 saturated carbocycles. The Hall–Kier alpha value is -3.01. The Morgan fingerprint density at radius 1 is 1.06 bits per heavy atom. The zero-order valence-corrected chi connectivity index (χ0v) is 20.0. The summed E-state index contributed by atoms with van der Waals surface area (Å²) in [7, 11) is 1.54. The second kappa shape index (κ2) is 10.7. The molecule has 8 nitrogen and oxygen atoms in total. The molecule has 0 spiro atoms. The summed E-state index contributed by atoms with van der Waals surface area (Å²) in [6.07, 6.45) is 2.58. The molecule has 1 atom stereocenters. The smallest absolute Gasteiger partial charge is 0.213 e. The van der Waals surface area contributed by atoms with Crippen molar-refractivity contribution in [1.29, 1.82) is 0 Å². The highest BCUT2D eigenvalue weighted by Crippen LogP contribution is 2.31. The third-order valence-corrected chi connectivity index (χ3v) is 6.77. The number of piperazine rings is 1. The number of nitrogens with zero attached hydrogens (tertiary/aromatic N) is 4. The van der Waals surface area contributed by atoms with Gasteiger partial charge in [0, 0.05) is 80.4 Å². The summed E-state index contributed by atoms with van der Waals surface area (Å²) in [5, 5.41) is 11.0. The average Bonchev–Trinajstić information content (AvgIpc) is 2.91. The average molecular weight is 483 g/mol. The number of aliphatic hydroxyl groups is 1. The lowest BCUT2D eigenvalue weighted by molar-refractivity contribution is 0.116. The lowest BCUT2D eigenvalue weighted by Gasteiger charge is -2.36. The summed E-state index contributed by atoms with van der Waals surface area (Å²) in [6.45, 7) is 5.99. The molecule has 2 aromatic heterocycles. The maximum absolute atomic E-state index is 14.9. The Morgan fingerprint density at radius 2 is 1.80 bits per heavy atom. The lowest BCUT2D eigenvalue weighted by Crippen LogP contribution is -2.48. The van der Waals surface area contributed by atoms with Crippen LogP contribution in [0.2, 0.25) is 0 Å². The van der Waals surface area contributed by atoms with Crippen LogP contribution in [0.5, 0.6) is 17.4 Å². The van der Waals surface area contributed by atoms with Gasteiger partial charge < -0.3 is 29.1 Å². The number of ether oxygens (including phenoxy) is 3. The monoisotopic (exact) mass is 482 g/mol. The zero-order valence-electron chi connectivity index (χ0n) is 20.0. The Kier molecular flexibility index (Phi) is 7.26. The van der Waals surface area contributed by atoms with Gasteiger partial charge in [-0.25, -0.2) is 9.37 Å². The van der Waals surface area contributed by atoms with Crippen LogP contribution in [0.4, 0.5) is 4.39 Å². The molecule has 4 heterocycles. The zero-order chi connectivity index (χ0) is 24.2. The fourth-order valence-electron chi connectivity index (χ4n) is 4.82. The molecule has 0 bridgehead atoms. The molecule has 5 rings (SSSR count). The van der Waals surface area contributed by atoms with Crippen LogP contribution >= 0.6 is 0 Å². The largest absolute Gasteiger partial charge is 0.486 e. The molecule has 1 unspecified atom stereocenters. The predicted molar refractivity (Wildman–Crippen MR) is 130 cm³/mol. The summed E-state index contributed by atoms with van der Waals surface area (Å²) in [6, 6.07) is 8.77. The third-order valence-electron chi connectivity index (χ3n) is 6.77. The van der Waals surface area contributed by atoms with Crippen LogP contribution < -0.4 is 14.2 Å². The molecule has 0 radical (unpaired) electrons. The van der Waals surface area contributed by atoms with Gasteiger partial charge >= 0.3 is 0 Å². The van der Waals surface area contributed by atoms with Gasteiger partial charge in [0.05, 0.1) is 25.4 Å². The highest BCUT2D eigenvalue weighted by molar-refractivity contribution is 5.83. The topological polar surface area (TPSA) is 80.2 Å². The Bertz CT molecular complexity index is 1170. The van der Waals surface area contributed by atoms with Gasteiger partial charge in [0.25, 0.3) is 0 Å². The molecular formula is C26H31FN4O4. The van der Waals surface area contributed by atoms with Crippen molar-refractivity contribution < 1.29 is 23.7 Å². The van der Waals surface area contributed by atoms with E-state index in [0.717, 1.165) is 56.0 Å². The van der Waals surface area contributed by atoms with Gasteiger partial charge in [0.15, 0.2) is 11.5 Å². The highest BCUT2D eigenvalue weighted by Gasteiger charge is 2.25. The molecule has 2 aliphatic rings. The second-order valence-electron chi connectivity index (χ2n) is 8.98. The molecular weight excluding hydrogens is 451 g/mol. The number of hydrogen-bond donors (Lipinski definition) is 1. The summed E-state index contributed by atoms with van der Waals surface area (Å²) >= 11 is 0. The van der Waals surface area contributed by atoms with Crippen LogP contribution in [0.3, 0.4) is 0 Å². The number of benzene rings is 1. The highest BCUT2D eigenvalue weighted by atomic mass is 19.1. The molecule has 3 aromatic rings. The number of hydrogen-bond acceptors (Lipinski definition) is 8. The Morgan fingerprint density at radius 3 is 2.57 bits per heavy atom. The number of aromatic nitrogens is 2. The first-order valence-corrected chi connectivity index (χ1v) is 12.1. The van der Waals surface area contributed by atoms with Crippen LogP contribution in [0.1, 0.15) is 17.2 Å². The molecule has 0 amide bonds. The van der Waals surface area contributed by atoms with Crippen molar-refractivity contribution in [3.63, 3.8) is 0 Å². The van der Waals surface area contributed by atoms with E-state index in [1.54, 1.807) is 25.4 Å². The van der Waals surface area contributed by atoms with Gasteiger partial charge in [-0.05, 0) is 18.2 Å². The number of halogens is 1. The van der Waals surface area contributed by atoms with Gasteiger partial charge in [-0.15, -0.1) is 0 Å². The van der Waals surface area contributed by atoms with Crippen LogP contribution in [-0.4, -0.2) is 91.1 Å². The summed E-state index contributed by atoms with van der Waals surface area (Å²) < 4.78 is 31.4. The second-order valence-corrected chi connectivity index (χ2v) is 8.98. The maximum atomic E-state index is 14.9. The van der Waals surface area contributed by atoms with Crippen molar-refractivity contribution in [1.82, 2.24) is 19.8 Å². The molecule has 1 aromatic carbocycles. The van der Waals surface area contributed by atoms with E-state index in [9.17, 15) is 9.50 Å². The predicted octanol–water partition coefficient (Wildman–Crippen LogP) is 2.48. The Labute approximate surface area is 204 Å². The standard InChI is InChI=1S/C26H31FN4O4/c1-33-24-5-3-18-2-4-21(27)25(26(18)29-24)19(17-32)16-31-10-8-30(9-11-31)7-6-20-14-22-23(15-28-20)35-13-12-34-22/h2-5,14-15,19,32H,6-13,16-17H2,1H3. The first-order valence-electron chi connectivity index (χ1n) is 12.1. The van der Waals surface area contributed by atoms with E-state index >= 15 is 0 Å². The minimum absolute atomic E-state index is 0.148. The van der Waals surface area contributed by atoms with E-state index in [1.807, 2.05) is 12.1 Å². The van der Waals surface area contributed by atoms with Crippen LogP contribution in [0, 0.1) is 5.82 Å². The van der Waals surface area contributed by atoms with Gasteiger partial charge in [-0.1, -0.05) is 0 Å². The number of methoxy groups -OCH3 is 1. The first kappa shape index (κ1) is 23.7. The van der Waals surface area contributed by atoms with Gasteiger partial charge in [0.1, 0.15) is 19.0 Å². The molecule has 2 aliphatic heterocycles. The molecule has 1 saturated heterocycles. The van der Waals surface area contributed by atoms with Crippen molar-refractivity contribution in [2.45, 2.75) is 12.3 Å². The van der Waals surface area contributed by atoms with Crippen molar-refractivity contribution in [2.75, 3.05) is 66.2 Å². The number of aliphatic hydroxyl groups excluding tert-OH is 1. The summed E-state index contributed by atoms with van der Waals surface area (Å²) in [4.78, 5) is 13.7. The SMILES string of the molecule is COc1ccc2ccc(F)c(C(CO)CN3CCN(CCc4cc5c(cn4)OCCO5)CC3)c2n1. The van der Waals surface area contributed by atoms with Crippen molar-refractivity contribution in [3.8, 4) is 17.4 Å². The minimum Gasteiger partial charge on any atom is -0.486 e. The molecule has 35 heavy (non-hydrogen) atoms. The van der Waals surface area contributed by atoms with Crippen LogP contribution in [0.25, 0.3) is 10.9 Å². The quantitative estimate of drug-likeness (QED) is 0.525. The van der Waals surface area contributed by atoms with E-state index in [1.165, 1.54) is 6.07 Å². The van der Waals surface area contributed by atoms with Gasteiger partial charge in [0.2, 0.25) is 5.88 Å².